The number of hydrogen-bond donors (Lipinski definition) is 1. The first-order chi connectivity index (χ1) is 13.3. The fraction of sp³-hybridized carbons (Fsp3) is 0.318. The van der Waals surface area contributed by atoms with Gasteiger partial charge in [-0.3, -0.25) is 10.00 Å². The summed E-state index contributed by atoms with van der Waals surface area (Å²) in [5.41, 5.74) is 3.72. The standard InChI is InChI=1S/C22H25N3O2/c1-26-21-10-6-9-17(22(21)27-2)13-25-14-18(16-7-4-3-5-8-16)19(15-25)20-11-12-23-24-20/h3-12,18-19H,13-15H2,1-2H3,(H,23,24)/t18-,19+/m0/s1. The van der Waals surface area contributed by atoms with E-state index in [4.69, 9.17) is 9.47 Å². The normalized spacial score (nSPS) is 19.9. The fourth-order valence-electron chi connectivity index (χ4n) is 4.16. The maximum atomic E-state index is 5.62. The van der Waals surface area contributed by atoms with Gasteiger partial charge in [0.05, 0.1) is 14.2 Å². The minimum atomic E-state index is 0.395. The first-order valence-corrected chi connectivity index (χ1v) is 9.26. The quantitative estimate of drug-likeness (QED) is 0.724. The first kappa shape index (κ1) is 17.6. The van der Waals surface area contributed by atoms with Crippen LogP contribution < -0.4 is 9.47 Å². The van der Waals surface area contributed by atoms with Crippen LogP contribution in [0, 0.1) is 0 Å². The highest BCUT2D eigenvalue weighted by atomic mass is 16.5. The number of benzene rings is 2. The first-order valence-electron chi connectivity index (χ1n) is 9.26. The highest BCUT2D eigenvalue weighted by molar-refractivity contribution is 5.46. The van der Waals surface area contributed by atoms with Crippen molar-refractivity contribution in [2.45, 2.75) is 18.4 Å². The molecule has 3 aromatic rings. The molecule has 5 nitrogen and oxygen atoms in total. The third kappa shape index (κ3) is 3.55. The second-order valence-electron chi connectivity index (χ2n) is 6.98. The summed E-state index contributed by atoms with van der Waals surface area (Å²) in [5, 5.41) is 7.36. The van der Waals surface area contributed by atoms with Crippen LogP contribution in [-0.2, 0) is 6.54 Å². The van der Waals surface area contributed by atoms with Crippen LogP contribution in [0.25, 0.3) is 0 Å². The summed E-state index contributed by atoms with van der Waals surface area (Å²) in [6, 6.07) is 18.9. The lowest BCUT2D eigenvalue weighted by molar-refractivity contribution is 0.306. The van der Waals surface area contributed by atoms with E-state index in [1.165, 1.54) is 11.3 Å². The zero-order valence-electron chi connectivity index (χ0n) is 15.8. The summed E-state index contributed by atoms with van der Waals surface area (Å²) in [6.45, 7) is 2.80. The van der Waals surface area contributed by atoms with Crippen molar-refractivity contribution < 1.29 is 9.47 Å². The van der Waals surface area contributed by atoms with E-state index in [9.17, 15) is 0 Å². The number of hydrogen-bond acceptors (Lipinski definition) is 4. The van der Waals surface area contributed by atoms with E-state index in [-0.39, 0.29) is 0 Å². The second-order valence-corrected chi connectivity index (χ2v) is 6.98. The van der Waals surface area contributed by atoms with Gasteiger partial charge in [-0.2, -0.15) is 5.10 Å². The third-order valence-corrected chi connectivity index (χ3v) is 5.42. The van der Waals surface area contributed by atoms with Crippen LogP contribution in [0.2, 0.25) is 0 Å². The fourth-order valence-corrected chi connectivity index (χ4v) is 4.16. The molecule has 0 aliphatic carbocycles. The summed E-state index contributed by atoms with van der Waals surface area (Å²) in [7, 11) is 3.38. The molecule has 1 saturated heterocycles. The van der Waals surface area contributed by atoms with Crippen LogP contribution in [0.5, 0.6) is 11.5 Å². The van der Waals surface area contributed by atoms with E-state index in [0.717, 1.165) is 36.7 Å². The average molecular weight is 363 g/mol. The molecule has 0 saturated carbocycles. The molecule has 1 aliphatic rings. The van der Waals surface area contributed by atoms with Gasteiger partial charge in [-0.25, -0.2) is 0 Å². The Hall–Kier alpha value is -2.79. The molecule has 1 aliphatic heterocycles. The molecular formula is C22H25N3O2. The molecule has 5 heteroatoms. The predicted molar refractivity (Wildman–Crippen MR) is 105 cm³/mol. The lowest BCUT2D eigenvalue weighted by Gasteiger charge is -2.19. The van der Waals surface area contributed by atoms with Crippen molar-refractivity contribution in [3.63, 3.8) is 0 Å². The van der Waals surface area contributed by atoms with Gasteiger partial charge in [-0.05, 0) is 17.7 Å². The topological polar surface area (TPSA) is 50.4 Å². The molecule has 0 amide bonds. The van der Waals surface area contributed by atoms with E-state index in [2.05, 4.69) is 57.6 Å². The number of rotatable bonds is 6. The van der Waals surface area contributed by atoms with Crippen molar-refractivity contribution in [1.29, 1.82) is 0 Å². The molecule has 1 aromatic heterocycles. The van der Waals surface area contributed by atoms with E-state index in [0.29, 0.717) is 11.8 Å². The van der Waals surface area contributed by atoms with Crippen molar-refractivity contribution in [2.24, 2.45) is 0 Å². The van der Waals surface area contributed by atoms with Gasteiger partial charge < -0.3 is 9.47 Å². The number of likely N-dealkylation sites (tertiary alicyclic amines) is 1. The molecule has 1 fully saturated rings. The van der Waals surface area contributed by atoms with Gasteiger partial charge in [0.15, 0.2) is 11.5 Å². The number of aromatic nitrogens is 2. The van der Waals surface area contributed by atoms with Crippen LogP contribution in [0.4, 0.5) is 0 Å². The lowest BCUT2D eigenvalue weighted by Crippen LogP contribution is -2.20. The number of aromatic amines is 1. The second kappa shape index (κ2) is 7.84. The minimum absolute atomic E-state index is 0.395. The van der Waals surface area contributed by atoms with E-state index in [1.807, 2.05) is 18.3 Å². The maximum absolute atomic E-state index is 5.62. The van der Waals surface area contributed by atoms with E-state index in [1.54, 1.807) is 14.2 Å². The zero-order valence-corrected chi connectivity index (χ0v) is 15.8. The summed E-state index contributed by atoms with van der Waals surface area (Å²) >= 11 is 0. The van der Waals surface area contributed by atoms with Gasteiger partial charge in [0.25, 0.3) is 0 Å². The van der Waals surface area contributed by atoms with Gasteiger partial charge in [-0.1, -0.05) is 42.5 Å². The number of nitrogens with one attached hydrogen (secondary N) is 1. The SMILES string of the molecule is COc1cccc(CN2C[C@@H](c3ccccc3)[C@H](c3ccn[nH]3)C2)c1OC. The average Bonchev–Trinajstić information content (AvgIpc) is 3.38. The van der Waals surface area contributed by atoms with Gasteiger partial charge in [-0.15, -0.1) is 0 Å². The molecule has 27 heavy (non-hydrogen) atoms. The Morgan fingerprint density at radius 2 is 1.78 bits per heavy atom. The molecule has 140 valence electrons. The molecular weight excluding hydrogens is 338 g/mol. The maximum Gasteiger partial charge on any atom is 0.165 e. The van der Waals surface area contributed by atoms with Crippen molar-refractivity contribution in [3.05, 3.63) is 77.6 Å². The zero-order chi connectivity index (χ0) is 18.6. The molecule has 2 aromatic carbocycles. The number of methoxy groups -OCH3 is 2. The molecule has 0 spiro atoms. The van der Waals surface area contributed by atoms with Crippen LogP contribution in [0.15, 0.2) is 60.8 Å². The highest BCUT2D eigenvalue weighted by Crippen LogP contribution is 2.40. The van der Waals surface area contributed by atoms with Crippen LogP contribution in [0.3, 0.4) is 0 Å². The molecule has 1 N–H and O–H groups in total. The lowest BCUT2D eigenvalue weighted by atomic mass is 9.87. The third-order valence-electron chi connectivity index (χ3n) is 5.42. The Bertz CT molecular complexity index is 865. The number of ether oxygens (including phenoxy) is 2. The monoisotopic (exact) mass is 363 g/mol. The molecule has 0 unspecified atom stereocenters. The summed E-state index contributed by atoms with van der Waals surface area (Å²) < 4.78 is 11.1. The number of nitrogens with zero attached hydrogens (tertiary/aromatic N) is 2. The van der Waals surface area contributed by atoms with Crippen molar-refractivity contribution in [3.8, 4) is 11.5 Å². The number of H-pyrrole nitrogens is 1. The summed E-state index contributed by atoms with van der Waals surface area (Å²) in [4.78, 5) is 2.49. The molecule has 0 bridgehead atoms. The Labute approximate surface area is 159 Å². The van der Waals surface area contributed by atoms with Gasteiger partial charge in [0.2, 0.25) is 0 Å². The van der Waals surface area contributed by atoms with Gasteiger partial charge in [0, 0.05) is 48.9 Å². The number of para-hydroxylation sites is 1. The van der Waals surface area contributed by atoms with Gasteiger partial charge >= 0.3 is 0 Å². The smallest absolute Gasteiger partial charge is 0.165 e. The summed E-state index contributed by atoms with van der Waals surface area (Å²) in [5.74, 6) is 2.43. The van der Waals surface area contributed by atoms with Crippen molar-refractivity contribution >= 4 is 0 Å². The minimum Gasteiger partial charge on any atom is -0.493 e. The highest BCUT2D eigenvalue weighted by Gasteiger charge is 2.35. The Morgan fingerprint density at radius 1 is 0.963 bits per heavy atom. The van der Waals surface area contributed by atoms with E-state index >= 15 is 0 Å². The van der Waals surface area contributed by atoms with Crippen LogP contribution in [0.1, 0.15) is 28.7 Å². The van der Waals surface area contributed by atoms with E-state index < -0.39 is 0 Å². The molecule has 0 radical (unpaired) electrons. The summed E-state index contributed by atoms with van der Waals surface area (Å²) in [6.07, 6.45) is 1.84. The Morgan fingerprint density at radius 3 is 2.48 bits per heavy atom. The van der Waals surface area contributed by atoms with Crippen LogP contribution >= 0.6 is 0 Å². The largest absolute Gasteiger partial charge is 0.493 e. The molecule has 4 rings (SSSR count). The Balaban J connectivity index is 1.60. The van der Waals surface area contributed by atoms with Crippen molar-refractivity contribution in [2.75, 3.05) is 27.3 Å². The van der Waals surface area contributed by atoms with Crippen LogP contribution in [-0.4, -0.2) is 42.4 Å². The molecule has 2 heterocycles. The Kier molecular flexibility index (Phi) is 5.12. The van der Waals surface area contributed by atoms with Gasteiger partial charge in [0.1, 0.15) is 0 Å². The molecule has 2 atom stereocenters. The van der Waals surface area contributed by atoms with Crippen molar-refractivity contribution in [1.82, 2.24) is 15.1 Å². The predicted octanol–water partition coefficient (Wildman–Crippen LogP) is 3.81.